The van der Waals surface area contributed by atoms with Crippen LogP contribution in [-0.4, -0.2) is 53.6 Å². The van der Waals surface area contributed by atoms with E-state index in [1.54, 1.807) is 6.92 Å². The fraction of sp³-hybridized carbons (Fsp3) is 0.471. The third kappa shape index (κ3) is 2.36. The lowest BCUT2D eigenvalue weighted by Crippen LogP contribution is -2.58. The third-order valence-electron chi connectivity index (χ3n) is 5.09. The average Bonchev–Trinajstić information content (AvgIpc) is 3.10. The van der Waals surface area contributed by atoms with Crippen LogP contribution in [0.4, 0.5) is 4.39 Å². The van der Waals surface area contributed by atoms with E-state index in [4.69, 9.17) is 4.74 Å². The molecule has 2 amide bonds. The number of carbonyl (C=O) groups is 3. The molecule has 2 heterocycles. The second-order valence-electron chi connectivity index (χ2n) is 6.22. The van der Waals surface area contributed by atoms with E-state index in [1.807, 2.05) is 0 Å². The number of amides is 2. The Morgan fingerprint density at radius 3 is 2.48 bits per heavy atom. The molecule has 0 saturated carbocycles. The summed E-state index contributed by atoms with van der Waals surface area (Å²) < 4.78 is 18.0. The van der Waals surface area contributed by atoms with Crippen molar-refractivity contribution in [3.63, 3.8) is 0 Å². The first-order valence-corrected chi connectivity index (χ1v) is 7.99. The highest BCUT2D eigenvalue weighted by molar-refractivity contribution is 6.09. The summed E-state index contributed by atoms with van der Waals surface area (Å²) >= 11 is 0. The van der Waals surface area contributed by atoms with Gasteiger partial charge in [-0.2, -0.15) is 0 Å². The zero-order valence-electron chi connectivity index (χ0n) is 13.9. The molecule has 0 radical (unpaired) electrons. The van der Waals surface area contributed by atoms with Crippen LogP contribution in [0.5, 0.6) is 0 Å². The molecular formula is C17H19FN2O5. The largest absolute Gasteiger partial charge is 0.468 e. The van der Waals surface area contributed by atoms with Gasteiger partial charge >= 0.3 is 5.97 Å². The molecule has 7 nitrogen and oxygen atoms in total. The first-order valence-electron chi connectivity index (χ1n) is 7.99. The number of rotatable bonds is 4. The van der Waals surface area contributed by atoms with Crippen molar-refractivity contribution in [3.05, 3.63) is 35.6 Å². The number of fused-ring (bicyclic) bond motifs is 1. The van der Waals surface area contributed by atoms with Crippen LogP contribution >= 0.6 is 0 Å². The molecule has 0 aromatic heterocycles. The lowest BCUT2D eigenvalue weighted by Gasteiger charge is -2.30. The Kier molecular flexibility index (Phi) is 4.34. The van der Waals surface area contributed by atoms with Gasteiger partial charge < -0.3 is 9.84 Å². The number of hydrogen-bond donors (Lipinski definition) is 2. The Hall–Kier alpha value is -2.32. The van der Waals surface area contributed by atoms with Gasteiger partial charge in [0.1, 0.15) is 5.82 Å². The molecule has 2 N–H and O–H groups in total. The quantitative estimate of drug-likeness (QED) is 0.586. The second-order valence-corrected chi connectivity index (χ2v) is 6.22. The lowest BCUT2D eigenvalue weighted by molar-refractivity contribution is -0.156. The van der Waals surface area contributed by atoms with Gasteiger partial charge in [-0.05, 0) is 24.6 Å². The zero-order valence-corrected chi connectivity index (χ0v) is 13.9. The average molecular weight is 350 g/mol. The van der Waals surface area contributed by atoms with Gasteiger partial charge in [0.25, 0.3) is 0 Å². The van der Waals surface area contributed by atoms with Crippen LogP contribution < -0.4 is 5.32 Å². The van der Waals surface area contributed by atoms with E-state index >= 15 is 0 Å². The number of nitrogens with one attached hydrogen (secondary N) is 1. The van der Waals surface area contributed by atoms with E-state index in [0.717, 1.165) is 12.0 Å². The van der Waals surface area contributed by atoms with Crippen molar-refractivity contribution in [2.45, 2.75) is 18.5 Å². The minimum atomic E-state index is -1.71. The molecule has 1 aromatic carbocycles. The molecule has 4 atom stereocenters. The van der Waals surface area contributed by atoms with Gasteiger partial charge in [0.2, 0.25) is 11.8 Å². The van der Waals surface area contributed by atoms with Gasteiger partial charge in [0.05, 0.1) is 25.6 Å². The number of hydrogen-bond acceptors (Lipinski definition) is 6. The Labute approximate surface area is 143 Å². The van der Waals surface area contributed by atoms with Crippen LogP contribution in [-0.2, 0) is 19.1 Å². The van der Waals surface area contributed by atoms with Crippen LogP contribution in [0.1, 0.15) is 18.5 Å². The van der Waals surface area contributed by atoms with Crippen LogP contribution in [0.25, 0.3) is 0 Å². The molecule has 2 aliphatic rings. The Morgan fingerprint density at radius 1 is 1.32 bits per heavy atom. The summed E-state index contributed by atoms with van der Waals surface area (Å²) in [5.74, 6) is -4.14. The van der Waals surface area contributed by atoms with Gasteiger partial charge in [-0.25, -0.2) is 9.18 Å². The van der Waals surface area contributed by atoms with Gasteiger partial charge in [-0.1, -0.05) is 12.1 Å². The smallest absolute Gasteiger partial charge is 0.329 e. The van der Waals surface area contributed by atoms with Gasteiger partial charge in [-0.3, -0.25) is 19.8 Å². The number of likely N-dealkylation sites (tertiary alicyclic amines) is 1. The number of aliphatic hydroxyl groups excluding tert-OH is 1. The van der Waals surface area contributed by atoms with Crippen molar-refractivity contribution in [1.82, 2.24) is 10.2 Å². The van der Waals surface area contributed by atoms with Crippen LogP contribution in [0, 0.1) is 17.7 Å². The first kappa shape index (κ1) is 17.5. The number of benzene rings is 1. The van der Waals surface area contributed by atoms with E-state index in [9.17, 15) is 23.9 Å². The van der Waals surface area contributed by atoms with Crippen LogP contribution in [0.3, 0.4) is 0 Å². The number of halogens is 1. The van der Waals surface area contributed by atoms with E-state index in [-0.39, 0.29) is 6.54 Å². The van der Waals surface area contributed by atoms with Gasteiger partial charge in [0.15, 0.2) is 5.54 Å². The lowest BCUT2D eigenvalue weighted by atomic mass is 9.79. The van der Waals surface area contributed by atoms with E-state index < -0.39 is 53.6 Å². The Bertz CT molecular complexity index is 722. The van der Waals surface area contributed by atoms with Gasteiger partial charge in [0, 0.05) is 12.6 Å². The normalized spacial score (nSPS) is 31.4. The number of ether oxygens (including phenoxy) is 1. The fourth-order valence-electron chi connectivity index (χ4n) is 3.91. The molecule has 0 bridgehead atoms. The minimum Gasteiger partial charge on any atom is -0.468 e. The van der Waals surface area contributed by atoms with Crippen LogP contribution in [0.2, 0.25) is 0 Å². The molecule has 25 heavy (non-hydrogen) atoms. The topological polar surface area (TPSA) is 95.9 Å². The summed E-state index contributed by atoms with van der Waals surface area (Å²) in [6, 6.07) is 4.73. The molecule has 134 valence electrons. The SMILES string of the molecule is CCN1C(=O)[C@@H]2[C@@H](C1=O)[C@](CO)(C(=O)OC)N[C@H]2c1ccc(F)cc1. The maximum atomic E-state index is 13.2. The molecule has 2 saturated heterocycles. The van der Waals surface area contributed by atoms with Gasteiger partial charge in [-0.15, -0.1) is 0 Å². The van der Waals surface area contributed by atoms with E-state index in [0.29, 0.717) is 5.56 Å². The van der Waals surface area contributed by atoms with E-state index in [2.05, 4.69) is 5.32 Å². The summed E-state index contributed by atoms with van der Waals surface area (Å²) in [4.78, 5) is 39.0. The summed E-state index contributed by atoms with van der Waals surface area (Å²) in [6.07, 6.45) is 0. The minimum absolute atomic E-state index is 0.170. The summed E-state index contributed by atoms with van der Waals surface area (Å²) in [7, 11) is 1.15. The number of carbonyl (C=O) groups excluding carboxylic acids is 3. The second kappa shape index (κ2) is 6.20. The summed E-state index contributed by atoms with van der Waals surface area (Å²) in [5.41, 5.74) is -1.16. The van der Waals surface area contributed by atoms with Crippen molar-refractivity contribution in [1.29, 1.82) is 0 Å². The molecule has 0 aliphatic carbocycles. The third-order valence-corrected chi connectivity index (χ3v) is 5.09. The fourth-order valence-corrected chi connectivity index (χ4v) is 3.91. The number of esters is 1. The van der Waals surface area contributed by atoms with Crippen molar-refractivity contribution in [2.75, 3.05) is 20.3 Å². The maximum Gasteiger partial charge on any atom is 0.329 e. The predicted octanol–water partition coefficient (Wildman–Crippen LogP) is -0.00480. The Balaban J connectivity index is 2.13. The van der Waals surface area contributed by atoms with Crippen molar-refractivity contribution in [3.8, 4) is 0 Å². The molecule has 0 unspecified atom stereocenters. The number of imide groups is 1. The molecule has 0 spiro atoms. The molecule has 3 rings (SSSR count). The van der Waals surface area contributed by atoms with Crippen molar-refractivity contribution >= 4 is 17.8 Å². The van der Waals surface area contributed by atoms with Crippen LogP contribution in [0.15, 0.2) is 24.3 Å². The summed E-state index contributed by atoms with van der Waals surface area (Å²) in [6.45, 7) is 1.13. The number of nitrogens with zero attached hydrogens (tertiary/aromatic N) is 1. The van der Waals surface area contributed by atoms with Crippen molar-refractivity contribution < 1.29 is 28.6 Å². The molecule has 2 fully saturated rings. The molecule has 2 aliphatic heterocycles. The zero-order chi connectivity index (χ0) is 18.4. The first-order chi connectivity index (χ1) is 11.9. The Morgan fingerprint density at radius 2 is 1.96 bits per heavy atom. The molecular weight excluding hydrogens is 331 g/mol. The van der Waals surface area contributed by atoms with E-state index in [1.165, 1.54) is 24.3 Å². The highest BCUT2D eigenvalue weighted by Crippen LogP contribution is 2.48. The molecule has 1 aromatic rings. The summed E-state index contributed by atoms with van der Waals surface area (Å²) in [5, 5.41) is 12.9. The highest BCUT2D eigenvalue weighted by atomic mass is 19.1. The number of aliphatic hydroxyl groups is 1. The standard InChI is InChI=1S/C17H19FN2O5/c1-3-20-14(22)11-12(15(20)23)17(8-21,16(24)25-2)19-13(11)9-4-6-10(18)7-5-9/h4-7,11-13,19,21H,3,8H2,1-2H3/t11-,12+,13+,17-/m1/s1. The van der Waals surface area contributed by atoms with Crippen molar-refractivity contribution in [2.24, 2.45) is 11.8 Å². The predicted molar refractivity (Wildman–Crippen MR) is 83.5 cm³/mol. The highest BCUT2D eigenvalue weighted by Gasteiger charge is 2.68. The monoisotopic (exact) mass is 350 g/mol. The number of methoxy groups -OCH3 is 1. The molecule has 8 heteroatoms. The maximum absolute atomic E-state index is 13.2.